The van der Waals surface area contributed by atoms with Crippen molar-refractivity contribution in [2.24, 2.45) is 0 Å². The zero-order valence-corrected chi connectivity index (χ0v) is 14.0. The number of halogens is 1. The maximum absolute atomic E-state index is 12.6. The maximum Gasteiger partial charge on any atom is 0.275 e. The van der Waals surface area contributed by atoms with Crippen molar-refractivity contribution >= 4 is 27.3 Å². The number of aromatic nitrogens is 1. The Bertz CT molecular complexity index is 841. The lowest BCUT2D eigenvalue weighted by atomic mass is 10.2. The Labute approximate surface area is 138 Å². The summed E-state index contributed by atoms with van der Waals surface area (Å²) in [5, 5.41) is 11.1. The molecular formula is C14H14ClN3O4S. The molecule has 0 saturated heterocycles. The normalized spacial score (nSPS) is 11.7. The van der Waals surface area contributed by atoms with Crippen LogP contribution < -0.4 is 0 Å². The molecule has 0 bridgehead atoms. The monoisotopic (exact) mass is 355 g/mol. The summed E-state index contributed by atoms with van der Waals surface area (Å²) in [6, 6.07) is 5.63. The third-order valence-electron chi connectivity index (χ3n) is 3.35. The van der Waals surface area contributed by atoms with Crippen molar-refractivity contribution in [3.05, 3.63) is 62.9 Å². The van der Waals surface area contributed by atoms with Crippen molar-refractivity contribution in [3.63, 3.8) is 0 Å². The molecule has 0 amide bonds. The predicted octanol–water partition coefficient (Wildman–Crippen LogP) is 2.77. The molecule has 0 N–H and O–H groups in total. The number of nitrogens with zero attached hydrogens (tertiary/aromatic N) is 3. The molecule has 0 unspecified atom stereocenters. The van der Waals surface area contributed by atoms with Crippen LogP contribution in [0.3, 0.4) is 0 Å². The quantitative estimate of drug-likeness (QED) is 0.607. The van der Waals surface area contributed by atoms with Crippen LogP contribution in [0.15, 0.2) is 41.6 Å². The Morgan fingerprint density at radius 1 is 1.30 bits per heavy atom. The number of nitro benzene ring substituents is 1. The highest BCUT2D eigenvalue weighted by Gasteiger charge is 2.26. The van der Waals surface area contributed by atoms with Crippen LogP contribution in [0.1, 0.15) is 11.1 Å². The lowest BCUT2D eigenvalue weighted by molar-refractivity contribution is -0.385. The van der Waals surface area contributed by atoms with E-state index in [4.69, 9.17) is 11.6 Å². The highest BCUT2D eigenvalue weighted by Crippen LogP contribution is 2.30. The molecule has 122 valence electrons. The number of hydrogen-bond acceptors (Lipinski definition) is 5. The standard InChI is InChI=1S/C14H14ClN3O4S/c1-10-13(15)7-12(8-14(10)18(19)20)23(21,22)17(2)9-11-3-5-16-6-4-11/h3-8H,9H2,1-2H3. The van der Waals surface area contributed by atoms with Crippen LogP contribution in [0, 0.1) is 17.0 Å². The molecule has 0 radical (unpaired) electrons. The van der Waals surface area contributed by atoms with E-state index in [1.54, 1.807) is 24.5 Å². The van der Waals surface area contributed by atoms with Gasteiger partial charge in [0.25, 0.3) is 5.69 Å². The van der Waals surface area contributed by atoms with Crippen molar-refractivity contribution in [1.29, 1.82) is 0 Å². The van der Waals surface area contributed by atoms with E-state index in [2.05, 4.69) is 4.98 Å². The fourth-order valence-corrected chi connectivity index (χ4v) is 3.47. The van der Waals surface area contributed by atoms with Crippen molar-refractivity contribution < 1.29 is 13.3 Å². The lowest BCUT2D eigenvalue weighted by Gasteiger charge is -2.17. The largest absolute Gasteiger partial charge is 0.275 e. The molecule has 0 fully saturated rings. The average molecular weight is 356 g/mol. The molecule has 1 aromatic heterocycles. The van der Waals surface area contributed by atoms with Crippen LogP contribution in [0.4, 0.5) is 5.69 Å². The second kappa shape index (κ2) is 6.61. The first-order valence-electron chi connectivity index (χ1n) is 6.53. The smallest absolute Gasteiger partial charge is 0.265 e. The number of benzene rings is 1. The van der Waals surface area contributed by atoms with Gasteiger partial charge in [-0.2, -0.15) is 4.31 Å². The fraction of sp³-hybridized carbons (Fsp3) is 0.214. The minimum atomic E-state index is -3.91. The molecule has 2 rings (SSSR count). The van der Waals surface area contributed by atoms with Gasteiger partial charge in [-0.05, 0) is 30.7 Å². The van der Waals surface area contributed by atoms with E-state index in [0.29, 0.717) is 0 Å². The topological polar surface area (TPSA) is 93.4 Å². The zero-order valence-electron chi connectivity index (χ0n) is 12.4. The Balaban J connectivity index is 2.41. The Hall–Kier alpha value is -2.03. The van der Waals surface area contributed by atoms with Gasteiger partial charge >= 0.3 is 0 Å². The second-order valence-corrected chi connectivity index (χ2v) is 7.37. The molecule has 0 aliphatic rings. The molecule has 2 aromatic rings. The molecule has 0 spiro atoms. The Kier molecular flexibility index (Phi) is 4.98. The van der Waals surface area contributed by atoms with Crippen molar-refractivity contribution in [1.82, 2.24) is 9.29 Å². The number of rotatable bonds is 5. The summed E-state index contributed by atoms with van der Waals surface area (Å²) >= 11 is 5.94. The molecule has 0 aliphatic heterocycles. The minimum absolute atomic E-state index is 0.0371. The van der Waals surface area contributed by atoms with Crippen LogP contribution in [0.5, 0.6) is 0 Å². The summed E-state index contributed by atoms with van der Waals surface area (Å²) in [6.45, 7) is 1.59. The van der Waals surface area contributed by atoms with Gasteiger partial charge < -0.3 is 0 Å². The van der Waals surface area contributed by atoms with E-state index < -0.39 is 14.9 Å². The summed E-state index contributed by atoms with van der Waals surface area (Å²) in [6.07, 6.45) is 3.12. The van der Waals surface area contributed by atoms with Crippen molar-refractivity contribution in [2.75, 3.05) is 7.05 Å². The van der Waals surface area contributed by atoms with Crippen molar-refractivity contribution in [2.45, 2.75) is 18.4 Å². The van der Waals surface area contributed by atoms with Gasteiger partial charge in [0.2, 0.25) is 10.0 Å². The maximum atomic E-state index is 12.6. The molecule has 0 saturated carbocycles. The molecule has 7 nitrogen and oxygen atoms in total. The third kappa shape index (κ3) is 3.66. The molecule has 1 aromatic carbocycles. The van der Waals surface area contributed by atoms with Gasteiger partial charge in [-0.1, -0.05) is 11.6 Å². The highest BCUT2D eigenvalue weighted by molar-refractivity contribution is 7.89. The zero-order chi connectivity index (χ0) is 17.2. The van der Waals surface area contributed by atoms with Gasteiger partial charge in [-0.25, -0.2) is 8.42 Å². The van der Waals surface area contributed by atoms with Crippen LogP contribution in [0.25, 0.3) is 0 Å². The molecule has 1 heterocycles. The first kappa shape index (κ1) is 17.3. The molecule has 9 heteroatoms. The van der Waals surface area contributed by atoms with Gasteiger partial charge in [0.05, 0.1) is 14.8 Å². The van der Waals surface area contributed by atoms with E-state index in [-0.39, 0.29) is 27.7 Å². The van der Waals surface area contributed by atoms with E-state index >= 15 is 0 Å². The van der Waals surface area contributed by atoms with E-state index in [1.165, 1.54) is 20.0 Å². The number of pyridine rings is 1. The lowest BCUT2D eigenvalue weighted by Crippen LogP contribution is -2.26. The predicted molar refractivity (Wildman–Crippen MR) is 85.7 cm³/mol. The summed E-state index contributed by atoms with van der Waals surface area (Å²) in [5.41, 5.74) is 0.652. The SMILES string of the molecule is Cc1c(Cl)cc(S(=O)(=O)N(C)Cc2ccncc2)cc1[N+](=O)[O-]. The van der Waals surface area contributed by atoms with E-state index in [1.807, 2.05) is 0 Å². The first-order valence-corrected chi connectivity index (χ1v) is 8.35. The highest BCUT2D eigenvalue weighted by atomic mass is 35.5. The van der Waals surface area contributed by atoms with Gasteiger partial charge in [-0.15, -0.1) is 0 Å². The fourth-order valence-electron chi connectivity index (χ4n) is 1.99. The van der Waals surface area contributed by atoms with Gasteiger partial charge in [0.15, 0.2) is 0 Å². The van der Waals surface area contributed by atoms with Gasteiger partial charge in [-0.3, -0.25) is 15.1 Å². The van der Waals surface area contributed by atoms with Crippen LogP contribution in [-0.4, -0.2) is 29.7 Å². The van der Waals surface area contributed by atoms with E-state index in [0.717, 1.165) is 15.9 Å². The van der Waals surface area contributed by atoms with Crippen LogP contribution in [0.2, 0.25) is 5.02 Å². The van der Waals surface area contributed by atoms with Crippen LogP contribution in [-0.2, 0) is 16.6 Å². The number of nitro groups is 1. The Morgan fingerprint density at radius 3 is 2.48 bits per heavy atom. The molecule has 0 aliphatic carbocycles. The summed E-state index contributed by atoms with van der Waals surface area (Å²) in [4.78, 5) is 14.0. The summed E-state index contributed by atoms with van der Waals surface area (Å²) in [5.74, 6) is 0. The second-order valence-electron chi connectivity index (χ2n) is 4.92. The summed E-state index contributed by atoms with van der Waals surface area (Å²) < 4.78 is 26.3. The first-order chi connectivity index (χ1) is 10.7. The minimum Gasteiger partial charge on any atom is -0.265 e. The Morgan fingerprint density at radius 2 is 1.91 bits per heavy atom. The number of sulfonamides is 1. The van der Waals surface area contributed by atoms with E-state index in [9.17, 15) is 18.5 Å². The van der Waals surface area contributed by atoms with Crippen molar-refractivity contribution in [3.8, 4) is 0 Å². The number of hydrogen-bond donors (Lipinski definition) is 0. The molecule has 23 heavy (non-hydrogen) atoms. The van der Waals surface area contributed by atoms with Gasteiger partial charge in [0.1, 0.15) is 0 Å². The average Bonchev–Trinajstić information content (AvgIpc) is 2.50. The molecular weight excluding hydrogens is 342 g/mol. The molecule has 0 atom stereocenters. The van der Waals surface area contributed by atoms with Gasteiger partial charge in [0, 0.05) is 37.6 Å². The third-order valence-corrected chi connectivity index (χ3v) is 5.52. The van der Waals surface area contributed by atoms with Crippen LogP contribution >= 0.6 is 11.6 Å². The summed E-state index contributed by atoms with van der Waals surface area (Å²) in [7, 11) is -2.51.